The summed E-state index contributed by atoms with van der Waals surface area (Å²) in [5, 5.41) is 15.0. The Hall–Kier alpha value is -1.86. The van der Waals surface area contributed by atoms with Crippen LogP contribution in [0.15, 0.2) is 54.6 Å². The van der Waals surface area contributed by atoms with Crippen LogP contribution in [0.5, 0.6) is 0 Å². The van der Waals surface area contributed by atoms with Crippen molar-refractivity contribution in [1.29, 1.82) is 0 Å². The topological polar surface area (TPSA) is 20.2 Å². The smallest absolute Gasteiger partial charge is 0.0793 e. The number of hydrogen-bond donors (Lipinski definition) is 1. The minimum absolute atomic E-state index is 0.389. The lowest BCUT2D eigenvalue weighted by atomic mass is 9.94. The lowest BCUT2D eigenvalue weighted by molar-refractivity contribution is 0.175. The molecular formula is C17H16O. The van der Waals surface area contributed by atoms with Crippen LogP contribution in [-0.4, -0.2) is 5.11 Å². The normalized spacial score (nSPS) is 13.0. The van der Waals surface area contributed by atoms with E-state index >= 15 is 0 Å². The number of aliphatic hydroxyl groups excluding tert-OH is 1. The van der Waals surface area contributed by atoms with Gasteiger partial charge < -0.3 is 5.11 Å². The largest absolute Gasteiger partial charge is 0.388 e. The van der Waals surface area contributed by atoms with Gasteiger partial charge in [0.1, 0.15) is 0 Å². The van der Waals surface area contributed by atoms with Gasteiger partial charge in [-0.05, 0) is 39.6 Å². The first-order valence-electron chi connectivity index (χ1n) is 6.39. The minimum Gasteiger partial charge on any atom is -0.388 e. The van der Waals surface area contributed by atoms with Crippen molar-refractivity contribution in [2.45, 2.75) is 19.4 Å². The van der Waals surface area contributed by atoms with Gasteiger partial charge in [0, 0.05) is 0 Å². The highest BCUT2D eigenvalue weighted by atomic mass is 16.3. The van der Waals surface area contributed by atoms with Crippen molar-refractivity contribution < 1.29 is 5.11 Å². The van der Waals surface area contributed by atoms with Crippen LogP contribution < -0.4 is 0 Å². The van der Waals surface area contributed by atoms with E-state index in [1.807, 2.05) is 19.1 Å². The Bertz CT molecular complexity index is 700. The summed E-state index contributed by atoms with van der Waals surface area (Å²) < 4.78 is 0. The molecule has 0 radical (unpaired) electrons. The van der Waals surface area contributed by atoms with Crippen LogP contribution in [0.1, 0.15) is 25.0 Å². The van der Waals surface area contributed by atoms with Gasteiger partial charge in [0.05, 0.1) is 6.10 Å². The summed E-state index contributed by atoms with van der Waals surface area (Å²) in [5.41, 5.74) is 1.03. The second-order valence-electron chi connectivity index (χ2n) is 4.66. The Morgan fingerprint density at radius 1 is 0.889 bits per heavy atom. The molecule has 1 N–H and O–H groups in total. The van der Waals surface area contributed by atoms with Gasteiger partial charge in [-0.1, -0.05) is 55.5 Å². The van der Waals surface area contributed by atoms with Crippen LogP contribution in [0, 0.1) is 0 Å². The predicted molar refractivity (Wildman–Crippen MR) is 76.7 cm³/mol. The predicted octanol–water partition coefficient (Wildman–Crippen LogP) is 4.44. The molecule has 90 valence electrons. The number of benzene rings is 3. The molecule has 3 aromatic rings. The van der Waals surface area contributed by atoms with Gasteiger partial charge in [-0.25, -0.2) is 0 Å². The second-order valence-corrected chi connectivity index (χ2v) is 4.66. The van der Waals surface area contributed by atoms with Gasteiger partial charge in [-0.3, -0.25) is 0 Å². The standard InChI is InChI=1S/C17H16O/c1-2-17(18)16-11-12-7-3-4-8-13(12)14-9-5-6-10-15(14)16/h3-11,17-18H,2H2,1H3/t17-/m1/s1. The van der Waals surface area contributed by atoms with Crippen LogP contribution in [-0.2, 0) is 0 Å². The van der Waals surface area contributed by atoms with Gasteiger partial charge in [0.25, 0.3) is 0 Å². The third-order valence-corrected chi connectivity index (χ3v) is 3.55. The van der Waals surface area contributed by atoms with E-state index < -0.39 is 0 Å². The molecule has 0 unspecified atom stereocenters. The van der Waals surface area contributed by atoms with E-state index in [0.717, 1.165) is 17.4 Å². The Morgan fingerprint density at radius 3 is 2.22 bits per heavy atom. The molecule has 18 heavy (non-hydrogen) atoms. The maximum absolute atomic E-state index is 10.2. The fourth-order valence-electron chi connectivity index (χ4n) is 2.58. The number of rotatable bonds is 2. The summed E-state index contributed by atoms with van der Waals surface area (Å²) >= 11 is 0. The van der Waals surface area contributed by atoms with Crippen molar-refractivity contribution in [1.82, 2.24) is 0 Å². The van der Waals surface area contributed by atoms with Crippen molar-refractivity contribution in [3.8, 4) is 0 Å². The summed E-state index contributed by atoms with van der Waals surface area (Å²) in [5.74, 6) is 0. The molecule has 0 aromatic heterocycles. The van der Waals surface area contributed by atoms with Gasteiger partial charge in [0.2, 0.25) is 0 Å². The highest BCUT2D eigenvalue weighted by Gasteiger charge is 2.11. The molecule has 3 rings (SSSR count). The van der Waals surface area contributed by atoms with E-state index in [4.69, 9.17) is 0 Å². The molecule has 0 saturated heterocycles. The van der Waals surface area contributed by atoms with Crippen LogP contribution in [0.25, 0.3) is 21.5 Å². The molecule has 0 saturated carbocycles. The lowest BCUT2D eigenvalue weighted by Crippen LogP contribution is -1.96. The van der Waals surface area contributed by atoms with E-state index in [2.05, 4.69) is 42.5 Å². The van der Waals surface area contributed by atoms with E-state index in [1.54, 1.807) is 0 Å². The van der Waals surface area contributed by atoms with Crippen LogP contribution in [0.4, 0.5) is 0 Å². The highest BCUT2D eigenvalue weighted by Crippen LogP contribution is 2.32. The number of fused-ring (bicyclic) bond motifs is 3. The second kappa shape index (κ2) is 4.43. The molecule has 0 aliphatic carbocycles. The molecule has 1 heteroatoms. The summed E-state index contributed by atoms with van der Waals surface area (Å²) in [7, 11) is 0. The first-order chi connectivity index (χ1) is 8.81. The molecular weight excluding hydrogens is 220 g/mol. The first kappa shape index (κ1) is 11.2. The zero-order valence-electron chi connectivity index (χ0n) is 10.4. The fourth-order valence-corrected chi connectivity index (χ4v) is 2.58. The summed E-state index contributed by atoms with van der Waals surface area (Å²) in [6.45, 7) is 2.01. The SMILES string of the molecule is CC[C@@H](O)c1cc2ccccc2c2ccccc12. The lowest BCUT2D eigenvalue weighted by Gasteiger charge is -2.14. The maximum Gasteiger partial charge on any atom is 0.0793 e. The average molecular weight is 236 g/mol. The molecule has 0 aliphatic heterocycles. The quantitative estimate of drug-likeness (QED) is 0.652. The van der Waals surface area contributed by atoms with E-state index in [1.165, 1.54) is 16.2 Å². The van der Waals surface area contributed by atoms with Gasteiger partial charge >= 0.3 is 0 Å². The monoisotopic (exact) mass is 236 g/mol. The molecule has 0 spiro atoms. The van der Waals surface area contributed by atoms with Crippen molar-refractivity contribution >= 4 is 21.5 Å². The maximum atomic E-state index is 10.2. The summed E-state index contributed by atoms with van der Waals surface area (Å²) in [6.07, 6.45) is 0.349. The first-order valence-corrected chi connectivity index (χ1v) is 6.39. The third kappa shape index (κ3) is 1.68. The van der Waals surface area contributed by atoms with Crippen molar-refractivity contribution in [3.63, 3.8) is 0 Å². The zero-order chi connectivity index (χ0) is 12.5. The van der Waals surface area contributed by atoms with Crippen LogP contribution in [0.2, 0.25) is 0 Å². The van der Waals surface area contributed by atoms with E-state index in [9.17, 15) is 5.11 Å². The number of hydrogen-bond acceptors (Lipinski definition) is 1. The Balaban J connectivity index is 2.46. The summed E-state index contributed by atoms with van der Waals surface area (Å²) in [6, 6.07) is 18.8. The molecule has 0 heterocycles. The van der Waals surface area contributed by atoms with E-state index in [0.29, 0.717) is 0 Å². The van der Waals surface area contributed by atoms with Crippen LogP contribution in [0.3, 0.4) is 0 Å². The minimum atomic E-state index is -0.389. The third-order valence-electron chi connectivity index (χ3n) is 3.55. The Kier molecular flexibility index (Phi) is 2.77. The van der Waals surface area contributed by atoms with Crippen molar-refractivity contribution in [3.05, 3.63) is 60.2 Å². The Morgan fingerprint density at radius 2 is 1.50 bits per heavy atom. The molecule has 0 amide bonds. The molecule has 1 atom stereocenters. The van der Waals surface area contributed by atoms with Gasteiger partial charge in [-0.2, -0.15) is 0 Å². The van der Waals surface area contributed by atoms with Gasteiger partial charge in [0.15, 0.2) is 0 Å². The van der Waals surface area contributed by atoms with E-state index in [-0.39, 0.29) is 6.10 Å². The van der Waals surface area contributed by atoms with Crippen molar-refractivity contribution in [2.75, 3.05) is 0 Å². The van der Waals surface area contributed by atoms with Gasteiger partial charge in [-0.15, -0.1) is 0 Å². The molecule has 0 fully saturated rings. The van der Waals surface area contributed by atoms with Crippen molar-refractivity contribution in [2.24, 2.45) is 0 Å². The van der Waals surface area contributed by atoms with Crippen LogP contribution >= 0.6 is 0 Å². The highest BCUT2D eigenvalue weighted by molar-refractivity contribution is 6.09. The average Bonchev–Trinajstić information content (AvgIpc) is 2.45. The molecule has 3 aromatic carbocycles. The number of aliphatic hydroxyl groups is 1. The molecule has 0 aliphatic rings. The fraction of sp³-hybridized carbons (Fsp3) is 0.176. The Labute approximate surface area is 107 Å². The summed E-state index contributed by atoms with van der Waals surface area (Å²) in [4.78, 5) is 0. The molecule has 1 nitrogen and oxygen atoms in total. The zero-order valence-corrected chi connectivity index (χ0v) is 10.4. The molecule has 0 bridgehead atoms.